The van der Waals surface area contributed by atoms with Crippen LogP contribution in [0.1, 0.15) is 11.4 Å². The molecule has 0 atom stereocenters. The molecule has 0 aliphatic carbocycles. The minimum atomic E-state index is 0.0137. The van der Waals surface area contributed by atoms with Crippen molar-refractivity contribution in [2.75, 3.05) is 0 Å². The van der Waals surface area contributed by atoms with Gasteiger partial charge < -0.3 is 10.3 Å². The van der Waals surface area contributed by atoms with Crippen molar-refractivity contribution >= 4 is 17.4 Å². The minimum absolute atomic E-state index is 0.0137. The van der Waals surface area contributed by atoms with Crippen molar-refractivity contribution in [3.8, 4) is 5.69 Å². The molecule has 1 aromatic carbocycles. The Morgan fingerprint density at radius 1 is 1.50 bits per heavy atom. The normalized spacial score (nSPS) is 10.4. The number of halogens is 1. The molecule has 1 heterocycles. The molecule has 0 amide bonds. The average Bonchev–Trinajstić information content (AvgIpc) is 2.63. The highest BCUT2D eigenvalue weighted by Crippen LogP contribution is 2.20. The zero-order chi connectivity index (χ0) is 11.7. The zero-order valence-corrected chi connectivity index (χ0v) is 9.49. The lowest BCUT2D eigenvalue weighted by Crippen LogP contribution is -2.15. The van der Waals surface area contributed by atoms with E-state index < -0.39 is 0 Å². The number of hydrogen-bond donors (Lipinski definition) is 2. The standard InChI is InChI=1S/C11H11ClN4/c1-7-15-4-5-16(7)10-6-8(12)2-3-9(10)11(13)14/h2-6H,1H3,(H3,13,14). The average molecular weight is 235 g/mol. The van der Waals surface area contributed by atoms with Crippen molar-refractivity contribution in [1.82, 2.24) is 9.55 Å². The van der Waals surface area contributed by atoms with Crippen LogP contribution < -0.4 is 5.73 Å². The number of benzene rings is 1. The highest BCUT2D eigenvalue weighted by atomic mass is 35.5. The number of nitrogen functional groups attached to an aromatic ring is 1. The lowest BCUT2D eigenvalue weighted by molar-refractivity contribution is 0.971. The van der Waals surface area contributed by atoms with E-state index in [4.69, 9.17) is 22.7 Å². The van der Waals surface area contributed by atoms with Gasteiger partial charge in [0.1, 0.15) is 11.7 Å². The van der Waals surface area contributed by atoms with E-state index in [0.717, 1.165) is 11.5 Å². The Hall–Kier alpha value is -1.81. The van der Waals surface area contributed by atoms with Gasteiger partial charge in [0.05, 0.1) is 5.69 Å². The van der Waals surface area contributed by atoms with Gasteiger partial charge in [-0.15, -0.1) is 0 Å². The highest BCUT2D eigenvalue weighted by Gasteiger charge is 2.09. The van der Waals surface area contributed by atoms with E-state index in [-0.39, 0.29) is 5.84 Å². The Bertz CT molecular complexity index is 545. The Morgan fingerprint density at radius 2 is 2.25 bits per heavy atom. The number of nitrogens with one attached hydrogen (secondary N) is 1. The SMILES string of the molecule is Cc1nccn1-c1cc(Cl)ccc1C(=N)N. The molecule has 0 unspecified atom stereocenters. The predicted octanol–water partition coefficient (Wildman–Crippen LogP) is 2.12. The number of imidazole rings is 1. The molecule has 0 bridgehead atoms. The molecule has 0 fully saturated rings. The number of rotatable bonds is 2. The number of hydrogen-bond acceptors (Lipinski definition) is 2. The number of aromatic nitrogens is 2. The summed E-state index contributed by atoms with van der Waals surface area (Å²) in [7, 11) is 0. The fourth-order valence-corrected chi connectivity index (χ4v) is 1.73. The van der Waals surface area contributed by atoms with Crippen molar-refractivity contribution in [3.63, 3.8) is 0 Å². The Morgan fingerprint density at radius 3 is 2.81 bits per heavy atom. The Balaban J connectivity index is 2.67. The quantitative estimate of drug-likeness (QED) is 0.617. The number of nitrogens with zero attached hydrogens (tertiary/aromatic N) is 2. The molecule has 0 radical (unpaired) electrons. The summed E-state index contributed by atoms with van der Waals surface area (Å²) in [5.41, 5.74) is 6.94. The van der Waals surface area contributed by atoms with E-state index in [2.05, 4.69) is 4.98 Å². The second-order valence-electron chi connectivity index (χ2n) is 3.42. The van der Waals surface area contributed by atoms with Gasteiger partial charge in [-0.2, -0.15) is 0 Å². The molecule has 0 saturated heterocycles. The maximum absolute atomic E-state index is 7.52. The van der Waals surface area contributed by atoms with E-state index in [1.807, 2.05) is 17.7 Å². The summed E-state index contributed by atoms with van der Waals surface area (Å²) >= 11 is 5.95. The molecule has 0 aliphatic heterocycles. The van der Waals surface area contributed by atoms with Crippen LogP contribution in [0.4, 0.5) is 0 Å². The first-order valence-electron chi connectivity index (χ1n) is 4.74. The Labute approximate surface area is 98.2 Å². The van der Waals surface area contributed by atoms with Crippen LogP contribution in [0.3, 0.4) is 0 Å². The fourth-order valence-electron chi connectivity index (χ4n) is 1.56. The van der Waals surface area contributed by atoms with Gasteiger partial charge in [0.2, 0.25) is 0 Å². The first-order chi connectivity index (χ1) is 7.59. The van der Waals surface area contributed by atoms with Gasteiger partial charge in [0.15, 0.2) is 0 Å². The van der Waals surface area contributed by atoms with Crippen molar-refractivity contribution in [3.05, 3.63) is 47.0 Å². The molecular weight excluding hydrogens is 224 g/mol. The first kappa shape index (κ1) is 10.7. The van der Waals surface area contributed by atoms with Crippen LogP contribution in [-0.4, -0.2) is 15.4 Å². The molecule has 82 valence electrons. The third-order valence-corrected chi connectivity index (χ3v) is 2.57. The van der Waals surface area contributed by atoms with Gasteiger partial charge in [0.25, 0.3) is 0 Å². The summed E-state index contributed by atoms with van der Waals surface area (Å²) in [5.74, 6) is 0.838. The number of aryl methyl sites for hydroxylation is 1. The van der Waals surface area contributed by atoms with E-state index in [1.54, 1.807) is 24.4 Å². The molecule has 1 aromatic heterocycles. The molecular formula is C11H11ClN4. The smallest absolute Gasteiger partial charge is 0.124 e. The molecule has 0 aliphatic rings. The van der Waals surface area contributed by atoms with Crippen molar-refractivity contribution in [2.45, 2.75) is 6.92 Å². The van der Waals surface area contributed by atoms with Crippen molar-refractivity contribution < 1.29 is 0 Å². The predicted molar refractivity (Wildman–Crippen MR) is 64.3 cm³/mol. The van der Waals surface area contributed by atoms with Gasteiger partial charge in [0, 0.05) is 23.0 Å². The summed E-state index contributed by atoms with van der Waals surface area (Å²) in [5, 5.41) is 8.13. The molecule has 16 heavy (non-hydrogen) atoms. The monoisotopic (exact) mass is 234 g/mol. The van der Waals surface area contributed by atoms with Crippen LogP contribution in [0.25, 0.3) is 5.69 Å². The topological polar surface area (TPSA) is 67.7 Å². The summed E-state index contributed by atoms with van der Waals surface area (Å²) in [4.78, 5) is 4.13. The van der Waals surface area contributed by atoms with Crippen LogP contribution >= 0.6 is 11.6 Å². The third-order valence-electron chi connectivity index (χ3n) is 2.34. The molecule has 0 saturated carbocycles. The van der Waals surface area contributed by atoms with Gasteiger partial charge >= 0.3 is 0 Å². The second-order valence-corrected chi connectivity index (χ2v) is 3.86. The zero-order valence-electron chi connectivity index (χ0n) is 8.74. The van der Waals surface area contributed by atoms with E-state index in [9.17, 15) is 0 Å². The van der Waals surface area contributed by atoms with Crippen LogP contribution in [0.15, 0.2) is 30.6 Å². The van der Waals surface area contributed by atoms with Crippen LogP contribution in [0, 0.1) is 12.3 Å². The van der Waals surface area contributed by atoms with E-state index in [1.165, 1.54) is 0 Å². The van der Waals surface area contributed by atoms with Gasteiger partial charge in [-0.05, 0) is 25.1 Å². The van der Waals surface area contributed by atoms with Crippen LogP contribution in [0.5, 0.6) is 0 Å². The lowest BCUT2D eigenvalue weighted by Gasteiger charge is -2.11. The van der Waals surface area contributed by atoms with Crippen LogP contribution in [-0.2, 0) is 0 Å². The molecule has 2 aromatic rings. The molecule has 2 rings (SSSR count). The Kier molecular flexibility index (Phi) is 2.66. The van der Waals surface area contributed by atoms with Gasteiger partial charge in [-0.25, -0.2) is 4.98 Å². The second kappa shape index (κ2) is 3.98. The van der Waals surface area contributed by atoms with Crippen molar-refractivity contribution in [2.24, 2.45) is 5.73 Å². The molecule has 0 spiro atoms. The number of amidine groups is 1. The highest BCUT2D eigenvalue weighted by molar-refractivity contribution is 6.31. The third kappa shape index (κ3) is 1.79. The summed E-state index contributed by atoms with van der Waals surface area (Å²) < 4.78 is 1.85. The largest absolute Gasteiger partial charge is 0.384 e. The maximum Gasteiger partial charge on any atom is 0.124 e. The maximum atomic E-state index is 7.52. The number of nitrogens with two attached hydrogens (primary N) is 1. The molecule has 5 heteroatoms. The fraction of sp³-hybridized carbons (Fsp3) is 0.0909. The minimum Gasteiger partial charge on any atom is -0.384 e. The molecule has 4 nitrogen and oxygen atoms in total. The van der Waals surface area contributed by atoms with E-state index >= 15 is 0 Å². The summed E-state index contributed by atoms with van der Waals surface area (Å²) in [6.07, 6.45) is 3.51. The van der Waals surface area contributed by atoms with Crippen molar-refractivity contribution in [1.29, 1.82) is 5.41 Å². The first-order valence-corrected chi connectivity index (χ1v) is 5.11. The van der Waals surface area contributed by atoms with Gasteiger partial charge in [-0.1, -0.05) is 11.6 Å². The summed E-state index contributed by atoms with van der Waals surface area (Å²) in [6.45, 7) is 1.88. The molecule has 3 N–H and O–H groups in total. The van der Waals surface area contributed by atoms with Gasteiger partial charge in [-0.3, -0.25) is 5.41 Å². The lowest BCUT2D eigenvalue weighted by atomic mass is 10.1. The summed E-state index contributed by atoms with van der Waals surface area (Å²) in [6, 6.07) is 5.22. The van der Waals surface area contributed by atoms with E-state index in [0.29, 0.717) is 10.6 Å². The van der Waals surface area contributed by atoms with Crippen LogP contribution in [0.2, 0.25) is 5.02 Å².